The molecular weight excluding hydrogens is 470 g/mol. The van der Waals surface area contributed by atoms with Gasteiger partial charge in [0.2, 0.25) is 0 Å². The van der Waals surface area contributed by atoms with E-state index in [2.05, 4.69) is 15.6 Å². The second-order valence-corrected chi connectivity index (χ2v) is 9.60. The van der Waals surface area contributed by atoms with Gasteiger partial charge in [0, 0.05) is 23.2 Å². The highest BCUT2D eigenvalue weighted by atomic mass is 16.5. The molecule has 0 spiro atoms. The Morgan fingerprint density at radius 2 is 1.95 bits per heavy atom. The Morgan fingerprint density at radius 1 is 1.14 bits per heavy atom. The third-order valence-electron chi connectivity index (χ3n) is 6.60. The van der Waals surface area contributed by atoms with Gasteiger partial charge in [-0.25, -0.2) is 4.79 Å². The van der Waals surface area contributed by atoms with Crippen LogP contribution in [0.15, 0.2) is 48.7 Å². The molecular formula is C29H35N3O5. The Hall–Kier alpha value is -3.81. The van der Waals surface area contributed by atoms with Gasteiger partial charge in [-0.05, 0) is 68.5 Å². The zero-order valence-electron chi connectivity index (χ0n) is 21.9. The van der Waals surface area contributed by atoms with Crippen molar-refractivity contribution in [2.24, 2.45) is 0 Å². The van der Waals surface area contributed by atoms with Crippen LogP contribution in [0.3, 0.4) is 0 Å². The minimum atomic E-state index is -0.465. The molecule has 2 N–H and O–H groups in total. The lowest BCUT2D eigenvalue weighted by molar-refractivity contribution is 0.0930. The highest BCUT2D eigenvalue weighted by molar-refractivity contribution is 5.97. The number of fused-ring (bicyclic) bond motifs is 1. The summed E-state index contributed by atoms with van der Waals surface area (Å²) in [6.07, 6.45) is 4.77. The summed E-state index contributed by atoms with van der Waals surface area (Å²) in [7, 11) is 1.63. The van der Waals surface area contributed by atoms with Crippen molar-refractivity contribution in [3.8, 4) is 11.5 Å². The van der Waals surface area contributed by atoms with Crippen molar-refractivity contribution >= 4 is 22.9 Å². The van der Waals surface area contributed by atoms with Crippen molar-refractivity contribution < 1.29 is 23.8 Å². The first-order valence-electron chi connectivity index (χ1n) is 12.8. The quantitative estimate of drug-likeness (QED) is 0.345. The summed E-state index contributed by atoms with van der Waals surface area (Å²) in [6.45, 7) is 6.43. The van der Waals surface area contributed by atoms with Crippen molar-refractivity contribution in [2.75, 3.05) is 20.3 Å². The lowest BCUT2D eigenvalue weighted by Crippen LogP contribution is -2.37. The maximum Gasteiger partial charge on any atom is 0.407 e. The number of hydrogen-bond acceptors (Lipinski definition) is 6. The van der Waals surface area contributed by atoms with Gasteiger partial charge in [0.1, 0.15) is 18.1 Å². The number of aromatic nitrogens is 1. The lowest BCUT2D eigenvalue weighted by atomic mass is 9.97. The van der Waals surface area contributed by atoms with Crippen LogP contribution in [0.25, 0.3) is 10.9 Å². The van der Waals surface area contributed by atoms with E-state index in [0.717, 1.165) is 47.7 Å². The van der Waals surface area contributed by atoms with E-state index in [0.29, 0.717) is 23.7 Å². The largest absolute Gasteiger partial charge is 0.497 e. The summed E-state index contributed by atoms with van der Waals surface area (Å²) in [4.78, 5) is 29.8. The first kappa shape index (κ1) is 26.3. The molecule has 1 fully saturated rings. The molecule has 1 heterocycles. The Kier molecular flexibility index (Phi) is 8.16. The number of pyridine rings is 1. The minimum Gasteiger partial charge on any atom is -0.497 e. The Labute approximate surface area is 217 Å². The number of ether oxygens (including phenoxy) is 3. The van der Waals surface area contributed by atoms with Crippen LogP contribution in [0.5, 0.6) is 11.5 Å². The molecule has 3 aromatic rings. The number of carbonyl (C=O) groups is 2. The number of alkyl carbamates (subject to hydrolysis) is 1. The molecule has 1 aromatic heterocycles. The van der Waals surface area contributed by atoms with Crippen LogP contribution >= 0.6 is 0 Å². The van der Waals surface area contributed by atoms with Gasteiger partial charge in [-0.3, -0.25) is 9.78 Å². The number of nitrogens with zero attached hydrogens (tertiary/aromatic N) is 1. The van der Waals surface area contributed by atoms with E-state index in [4.69, 9.17) is 14.2 Å². The lowest BCUT2D eigenvalue weighted by Gasteiger charge is -2.22. The van der Waals surface area contributed by atoms with Crippen LogP contribution in [0.1, 0.15) is 61.0 Å². The number of unbranched alkanes of at least 4 members (excludes halogenated alkanes) is 1. The molecule has 4 rings (SSSR count). The summed E-state index contributed by atoms with van der Waals surface area (Å²) >= 11 is 0. The second-order valence-electron chi connectivity index (χ2n) is 9.60. The number of hydrogen-bond donors (Lipinski definition) is 2. The van der Waals surface area contributed by atoms with Gasteiger partial charge < -0.3 is 24.8 Å². The van der Waals surface area contributed by atoms with Crippen LogP contribution in [-0.4, -0.2) is 43.3 Å². The third kappa shape index (κ3) is 6.31. The molecule has 196 valence electrons. The zero-order chi connectivity index (χ0) is 26.4. The van der Waals surface area contributed by atoms with E-state index >= 15 is 0 Å². The number of aryl methyl sites for hydroxylation is 1. The van der Waals surface area contributed by atoms with Gasteiger partial charge in [0.05, 0.1) is 30.8 Å². The molecule has 1 aliphatic rings. The van der Waals surface area contributed by atoms with Crippen LogP contribution in [0, 0.1) is 6.92 Å². The van der Waals surface area contributed by atoms with Crippen molar-refractivity contribution in [1.29, 1.82) is 0 Å². The summed E-state index contributed by atoms with van der Waals surface area (Å²) in [5.74, 6) is 1.11. The van der Waals surface area contributed by atoms with Crippen molar-refractivity contribution in [3.05, 3.63) is 65.4 Å². The fraction of sp³-hybridized carbons (Fsp3) is 0.414. The fourth-order valence-electron chi connectivity index (χ4n) is 4.29. The maximum absolute atomic E-state index is 13.5. The molecule has 1 atom stereocenters. The van der Waals surface area contributed by atoms with Gasteiger partial charge in [-0.2, -0.15) is 0 Å². The molecule has 1 unspecified atom stereocenters. The molecule has 8 nitrogen and oxygen atoms in total. The summed E-state index contributed by atoms with van der Waals surface area (Å²) in [5, 5.41) is 7.04. The zero-order valence-corrected chi connectivity index (χ0v) is 21.9. The molecule has 2 aromatic carbocycles. The van der Waals surface area contributed by atoms with Gasteiger partial charge in [-0.1, -0.05) is 25.5 Å². The minimum absolute atomic E-state index is 0.161. The van der Waals surface area contributed by atoms with Crippen LogP contribution in [0.2, 0.25) is 0 Å². The molecule has 0 aliphatic heterocycles. The van der Waals surface area contributed by atoms with Crippen LogP contribution in [-0.2, 0) is 10.3 Å². The van der Waals surface area contributed by atoms with E-state index in [1.165, 1.54) is 0 Å². The normalized spacial score (nSPS) is 14.5. The highest BCUT2D eigenvalue weighted by Gasteiger charge is 2.47. The summed E-state index contributed by atoms with van der Waals surface area (Å²) in [6, 6.07) is 13.0. The number of benzene rings is 2. The second kappa shape index (κ2) is 11.5. The summed E-state index contributed by atoms with van der Waals surface area (Å²) < 4.78 is 16.5. The van der Waals surface area contributed by atoms with Gasteiger partial charge >= 0.3 is 6.09 Å². The van der Waals surface area contributed by atoms with E-state index < -0.39 is 11.6 Å². The van der Waals surface area contributed by atoms with Crippen molar-refractivity contribution in [3.63, 3.8) is 0 Å². The predicted molar refractivity (Wildman–Crippen MR) is 142 cm³/mol. The average molecular weight is 506 g/mol. The molecule has 1 saturated carbocycles. The Bertz CT molecular complexity index is 1270. The third-order valence-corrected chi connectivity index (χ3v) is 6.60. The predicted octanol–water partition coefficient (Wildman–Crippen LogP) is 5.26. The number of nitrogens with one attached hydrogen (secondary N) is 2. The monoisotopic (exact) mass is 505 g/mol. The smallest absolute Gasteiger partial charge is 0.407 e. The molecule has 0 saturated heterocycles. The molecule has 0 bridgehead atoms. The average Bonchev–Trinajstić information content (AvgIpc) is 3.67. The van der Waals surface area contributed by atoms with Crippen LogP contribution < -0.4 is 20.1 Å². The number of rotatable bonds is 11. The topological polar surface area (TPSA) is 98.8 Å². The Morgan fingerprint density at radius 3 is 2.68 bits per heavy atom. The maximum atomic E-state index is 13.5. The van der Waals surface area contributed by atoms with E-state index in [1.807, 2.05) is 57.2 Å². The fourth-order valence-corrected chi connectivity index (χ4v) is 4.29. The van der Waals surface area contributed by atoms with E-state index in [1.54, 1.807) is 19.4 Å². The first-order chi connectivity index (χ1) is 17.8. The molecule has 1 aliphatic carbocycles. The van der Waals surface area contributed by atoms with Gasteiger partial charge in [-0.15, -0.1) is 0 Å². The van der Waals surface area contributed by atoms with Gasteiger partial charge in [0.15, 0.2) is 0 Å². The molecule has 0 radical (unpaired) electrons. The Balaban J connectivity index is 1.44. The number of amides is 2. The first-order valence-corrected chi connectivity index (χ1v) is 12.8. The van der Waals surface area contributed by atoms with Gasteiger partial charge in [0.25, 0.3) is 5.91 Å². The van der Waals surface area contributed by atoms with Crippen molar-refractivity contribution in [1.82, 2.24) is 15.6 Å². The number of carbonyl (C=O) groups excluding carboxylic acids is 2. The standard InChI is InChI=1S/C29H35N3O5/c1-5-6-14-36-28(34)31-20(3)18-37-21-10-9-19(2)24(15-21)27(33)32-29(11-12-29)25-16-22(35-4)17-26-23(25)8-7-13-30-26/h7-10,13,15-17,20H,5-6,11-12,14,18H2,1-4H3,(H,31,34)(H,32,33). The van der Waals surface area contributed by atoms with E-state index in [-0.39, 0.29) is 18.6 Å². The number of methoxy groups -OCH3 is 1. The molecule has 37 heavy (non-hydrogen) atoms. The SMILES string of the molecule is CCCCOC(=O)NC(C)COc1ccc(C)c(C(=O)NC2(c3cc(OC)cc4ncccc34)CC2)c1. The van der Waals surface area contributed by atoms with Crippen LogP contribution in [0.4, 0.5) is 4.79 Å². The molecule has 8 heteroatoms. The van der Waals surface area contributed by atoms with Crippen molar-refractivity contribution in [2.45, 2.75) is 58.0 Å². The highest BCUT2D eigenvalue weighted by Crippen LogP contribution is 2.49. The summed E-state index contributed by atoms with van der Waals surface area (Å²) in [5.41, 5.74) is 2.78. The van der Waals surface area contributed by atoms with E-state index in [9.17, 15) is 9.59 Å². The molecule has 2 amide bonds.